The summed E-state index contributed by atoms with van der Waals surface area (Å²) in [6, 6.07) is 3.30. The van der Waals surface area contributed by atoms with Crippen molar-refractivity contribution in [3.8, 4) is 11.5 Å². The van der Waals surface area contributed by atoms with Gasteiger partial charge in [0.1, 0.15) is 11.6 Å². The fourth-order valence-electron chi connectivity index (χ4n) is 1.90. The molecular formula is C15H14F2N4O7. The van der Waals surface area contributed by atoms with Gasteiger partial charge in [-0.25, -0.2) is 8.78 Å². The number of hydrogen-bond donors (Lipinski definition) is 2. The number of nitrogens with zero attached hydrogens (tertiary/aromatic N) is 2. The van der Waals surface area contributed by atoms with Gasteiger partial charge in [0.15, 0.2) is 11.5 Å². The van der Waals surface area contributed by atoms with Gasteiger partial charge in [-0.3, -0.25) is 25.0 Å². The topological polar surface area (TPSA) is 174 Å². The normalized spacial score (nSPS) is 9.71. The molecule has 0 unspecified atom stereocenters. The molecule has 0 spiro atoms. The van der Waals surface area contributed by atoms with E-state index in [9.17, 15) is 33.8 Å². The number of benzene rings is 2. The Morgan fingerprint density at radius 3 is 1.75 bits per heavy atom. The Hall–Kier alpha value is -4.03. The molecule has 0 bridgehead atoms. The number of anilines is 1. The van der Waals surface area contributed by atoms with Crippen LogP contribution in [-0.4, -0.2) is 30.0 Å². The molecule has 0 atom stereocenters. The fourth-order valence-corrected chi connectivity index (χ4v) is 1.90. The van der Waals surface area contributed by atoms with Gasteiger partial charge >= 0.3 is 11.4 Å². The molecule has 4 N–H and O–H groups in total. The molecular weight excluding hydrogens is 386 g/mol. The zero-order valence-corrected chi connectivity index (χ0v) is 14.5. The van der Waals surface area contributed by atoms with Crippen LogP contribution < -0.4 is 20.9 Å². The van der Waals surface area contributed by atoms with Crippen LogP contribution >= 0.6 is 0 Å². The monoisotopic (exact) mass is 400 g/mol. The summed E-state index contributed by atoms with van der Waals surface area (Å²) in [5, 5.41) is 20.9. The molecule has 13 heteroatoms. The number of carbonyl (C=O) groups is 1. The molecule has 0 aliphatic carbocycles. The number of primary amides is 1. The highest BCUT2D eigenvalue weighted by atomic mass is 19.1. The molecule has 0 radical (unpaired) electrons. The van der Waals surface area contributed by atoms with Gasteiger partial charge in [-0.05, 0) is 0 Å². The summed E-state index contributed by atoms with van der Waals surface area (Å²) in [4.78, 5) is 30.2. The van der Waals surface area contributed by atoms with E-state index in [-0.39, 0.29) is 22.9 Å². The van der Waals surface area contributed by atoms with Gasteiger partial charge in [0.25, 0.3) is 5.91 Å². The largest absolute Gasteiger partial charge is 0.490 e. The molecule has 28 heavy (non-hydrogen) atoms. The van der Waals surface area contributed by atoms with Gasteiger partial charge in [-0.15, -0.1) is 0 Å². The van der Waals surface area contributed by atoms with Crippen LogP contribution in [0, 0.1) is 31.9 Å². The third-order valence-electron chi connectivity index (χ3n) is 3.23. The minimum atomic E-state index is -1.07. The van der Waals surface area contributed by atoms with Crippen molar-refractivity contribution in [3.63, 3.8) is 0 Å². The second kappa shape index (κ2) is 9.07. The molecule has 11 nitrogen and oxygen atoms in total. The van der Waals surface area contributed by atoms with Crippen molar-refractivity contribution in [1.82, 2.24) is 0 Å². The number of halogens is 2. The maximum atomic E-state index is 13.1. The van der Waals surface area contributed by atoms with Crippen LogP contribution in [0.4, 0.5) is 25.8 Å². The van der Waals surface area contributed by atoms with Crippen molar-refractivity contribution in [1.29, 1.82) is 0 Å². The van der Waals surface area contributed by atoms with Crippen LogP contribution in [0.25, 0.3) is 0 Å². The first-order valence-electron chi connectivity index (χ1n) is 7.12. The molecule has 0 aliphatic rings. The van der Waals surface area contributed by atoms with Crippen molar-refractivity contribution in [2.24, 2.45) is 5.73 Å². The molecule has 0 aliphatic heterocycles. The number of rotatable bonds is 5. The highest BCUT2D eigenvalue weighted by molar-refractivity contribution is 5.94. The molecule has 0 saturated heterocycles. The maximum Gasteiger partial charge on any atom is 0.313 e. The third kappa shape index (κ3) is 5.00. The maximum absolute atomic E-state index is 13.1. The van der Waals surface area contributed by atoms with Crippen LogP contribution in [0.5, 0.6) is 11.5 Å². The average molecular weight is 400 g/mol. The molecule has 2 rings (SSSR count). The van der Waals surface area contributed by atoms with E-state index in [0.29, 0.717) is 0 Å². The number of nitro benzene ring substituents is 2. The quantitative estimate of drug-likeness (QED) is 0.436. The highest BCUT2D eigenvalue weighted by Gasteiger charge is 2.21. The number of ether oxygens (including phenoxy) is 2. The summed E-state index contributed by atoms with van der Waals surface area (Å²) in [6.07, 6.45) is 0. The second-order valence-corrected chi connectivity index (χ2v) is 4.93. The van der Waals surface area contributed by atoms with Crippen LogP contribution in [0.2, 0.25) is 0 Å². The summed E-state index contributed by atoms with van der Waals surface area (Å²) < 4.78 is 35.1. The van der Waals surface area contributed by atoms with E-state index in [4.69, 9.17) is 11.5 Å². The van der Waals surface area contributed by atoms with Crippen LogP contribution in [-0.2, 0) is 0 Å². The summed E-state index contributed by atoms with van der Waals surface area (Å²) in [5.41, 5.74) is 8.32. The number of nitrogens with two attached hydrogens (primary N) is 2. The number of hydrogen-bond acceptors (Lipinski definition) is 8. The Morgan fingerprint density at radius 1 is 0.929 bits per heavy atom. The van der Waals surface area contributed by atoms with E-state index < -0.39 is 38.6 Å². The predicted octanol–water partition coefficient (Wildman–Crippen LogP) is 2.17. The van der Waals surface area contributed by atoms with Crippen molar-refractivity contribution < 1.29 is 32.9 Å². The lowest BCUT2D eigenvalue weighted by Crippen LogP contribution is -2.13. The molecule has 2 aromatic carbocycles. The van der Waals surface area contributed by atoms with E-state index in [1.165, 1.54) is 7.11 Å². The van der Waals surface area contributed by atoms with Gasteiger partial charge in [-0.2, -0.15) is 0 Å². The first-order chi connectivity index (χ1) is 13.0. The Morgan fingerprint density at radius 2 is 1.36 bits per heavy atom. The van der Waals surface area contributed by atoms with Gasteiger partial charge in [-0.1, -0.05) is 0 Å². The van der Waals surface area contributed by atoms with E-state index in [1.807, 2.05) is 0 Å². The van der Waals surface area contributed by atoms with Crippen molar-refractivity contribution in [2.75, 3.05) is 20.0 Å². The number of amides is 1. The minimum Gasteiger partial charge on any atom is -0.490 e. The molecule has 0 fully saturated rings. The Labute approximate surface area is 155 Å². The molecule has 1 amide bonds. The summed E-state index contributed by atoms with van der Waals surface area (Å²) >= 11 is 0. The summed E-state index contributed by atoms with van der Waals surface area (Å²) in [5.74, 6) is -3.16. The molecule has 2 aromatic rings. The van der Waals surface area contributed by atoms with Crippen LogP contribution in [0.15, 0.2) is 24.3 Å². The lowest BCUT2D eigenvalue weighted by atomic mass is 10.1. The van der Waals surface area contributed by atoms with Gasteiger partial charge < -0.3 is 20.9 Å². The Kier molecular flexibility index (Phi) is 7.13. The summed E-state index contributed by atoms with van der Waals surface area (Å²) in [7, 11) is 2.38. The lowest BCUT2D eigenvalue weighted by Gasteiger charge is -2.03. The summed E-state index contributed by atoms with van der Waals surface area (Å²) in [6.45, 7) is 0. The smallest absolute Gasteiger partial charge is 0.313 e. The van der Waals surface area contributed by atoms with E-state index in [0.717, 1.165) is 31.4 Å². The standard InChI is InChI=1S/C8H7FN2O4.C7H7FN2O3/c1-15-7-3-5(9)4(8(10)12)2-6(7)11(13)14;1-13-7-2-4(8)5(9)3-6(7)10(11)12/h2-3H,1H3,(H2,10,12);2-3H,9H2,1H3. The van der Waals surface area contributed by atoms with Gasteiger partial charge in [0, 0.05) is 24.3 Å². The lowest BCUT2D eigenvalue weighted by molar-refractivity contribution is -0.385. The molecule has 0 heterocycles. The average Bonchev–Trinajstić information content (AvgIpc) is 2.62. The number of methoxy groups -OCH3 is 2. The first kappa shape index (κ1) is 22.0. The second-order valence-electron chi connectivity index (χ2n) is 4.93. The molecule has 0 saturated carbocycles. The van der Waals surface area contributed by atoms with Crippen LogP contribution in [0.1, 0.15) is 10.4 Å². The molecule has 0 aromatic heterocycles. The zero-order valence-electron chi connectivity index (χ0n) is 14.5. The first-order valence-corrected chi connectivity index (χ1v) is 7.12. The van der Waals surface area contributed by atoms with Crippen molar-refractivity contribution >= 4 is 23.0 Å². The highest BCUT2D eigenvalue weighted by Crippen LogP contribution is 2.31. The van der Waals surface area contributed by atoms with Crippen LogP contribution in [0.3, 0.4) is 0 Å². The van der Waals surface area contributed by atoms with Crippen molar-refractivity contribution in [3.05, 3.63) is 61.7 Å². The van der Waals surface area contributed by atoms with Gasteiger partial charge in [0.2, 0.25) is 0 Å². The van der Waals surface area contributed by atoms with E-state index >= 15 is 0 Å². The van der Waals surface area contributed by atoms with E-state index in [1.54, 1.807) is 0 Å². The number of nitrogen functional groups attached to an aromatic ring is 1. The van der Waals surface area contributed by atoms with E-state index in [2.05, 4.69) is 9.47 Å². The number of carbonyl (C=O) groups excluding carboxylic acids is 1. The minimum absolute atomic E-state index is 0.142. The van der Waals surface area contributed by atoms with Gasteiger partial charge in [0.05, 0.1) is 35.3 Å². The predicted molar refractivity (Wildman–Crippen MR) is 92.1 cm³/mol. The number of nitro groups is 2. The molecule has 150 valence electrons. The Balaban J connectivity index is 0.000000283. The third-order valence-corrected chi connectivity index (χ3v) is 3.23. The SMILES string of the molecule is COc1cc(F)c(C(N)=O)cc1[N+](=O)[O-].COc1cc(F)c(N)cc1[N+](=O)[O-]. The van der Waals surface area contributed by atoms with Crippen molar-refractivity contribution in [2.45, 2.75) is 0 Å². The zero-order chi connectivity index (χ0) is 21.6. The fraction of sp³-hybridized carbons (Fsp3) is 0.133. The Bertz CT molecular complexity index is 937.